The molecule has 0 bridgehead atoms. The summed E-state index contributed by atoms with van der Waals surface area (Å²) in [5, 5.41) is 13.7. The summed E-state index contributed by atoms with van der Waals surface area (Å²) in [5.41, 5.74) is 1.61. The number of nitrogens with zero attached hydrogens (tertiary/aromatic N) is 5. The summed E-state index contributed by atoms with van der Waals surface area (Å²) >= 11 is 0. The molecule has 192 valence electrons. The van der Waals surface area contributed by atoms with Crippen molar-refractivity contribution < 1.29 is 19.0 Å². The first kappa shape index (κ1) is 24.6. The number of pyridine rings is 1. The van der Waals surface area contributed by atoms with Gasteiger partial charge < -0.3 is 29.7 Å². The standard InChI is InChI=1S/C26H33FN6O3/c1-16-13-28-8-10-33(16)25-20-12-21(27)23(17-6-7-22(35-3)18(11-17)14-34)29-24(20)30-26(31-25)36-15-19-5-4-9-32(19)2/h6-7,11-12,16,19,28,34H,4-5,8-10,13-15H2,1-3H3. The Bertz CT molecular complexity index is 1240. The summed E-state index contributed by atoms with van der Waals surface area (Å²) in [6, 6.07) is 7.30. The molecule has 1 aromatic carbocycles. The van der Waals surface area contributed by atoms with Crippen molar-refractivity contribution in [3.05, 3.63) is 35.6 Å². The molecule has 2 aliphatic rings. The minimum Gasteiger partial charge on any atom is -0.496 e. The maximum Gasteiger partial charge on any atom is 0.320 e. The van der Waals surface area contributed by atoms with Crippen LogP contribution < -0.4 is 19.7 Å². The number of ether oxygens (including phenoxy) is 2. The van der Waals surface area contributed by atoms with Crippen molar-refractivity contribution in [1.82, 2.24) is 25.2 Å². The van der Waals surface area contributed by atoms with Gasteiger partial charge in [0.1, 0.15) is 29.7 Å². The molecule has 3 aromatic rings. The van der Waals surface area contributed by atoms with Crippen molar-refractivity contribution >= 4 is 16.9 Å². The lowest BCUT2D eigenvalue weighted by Gasteiger charge is -2.35. The number of halogens is 1. The molecule has 0 saturated carbocycles. The van der Waals surface area contributed by atoms with Crippen LogP contribution >= 0.6 is 0 Å². The highest BCUT2D eigenvalue weighted by atomic mass is 19.1. The highest BCUT2D eigenvalue weighted by Gasteiger charge is 2.26. The van der Waals surface area contributed by atoms with Gasteiger partial charge in [-0.05, 0) is 57.6 Å². The first-order chi connectivity index (χ1) is 17.5. The third kappa shape index (κ3) is 4.80. The molecule has 2 N–H and O–H groups in total. The van der Waals surface area contributed by atoms with Gasteiger partial charge in [0.2, 0.25) is 0 Å². The number of nitrogens with one attached hydrogen (secondary N) is 1. The average molecular weight is 497 g/mol. The third-order valence-electron chi connectivity index (χ3n) is 7.17. The number of aliphatic hydroxyl groups is 1. The summed E-state index contributed by atoms with van der Waals surface area (Å²) < 4.78 is 26.9. The molecule has 2 unspecified atom stereocenters. The molecule has 0 aliphatic carbocycles. The quantitative estimate of drug-likeness (QED) is 0.512. The van der Waals surface area contributed by atoms with Crippen LogP contribution in [0.5, 0.6) is 11.8 Å². The fraction of sp³-hybridized carbons (Fsp3) is 0.500. The van der Waals surface area contributed by atoms with Gasteiger partial charge in [0, 0.05) is 42.8 Å². The number of fused-ring (bicyclic) bond motifs is 1. The van der Waals surface area contributed by atoms with Gasteiger partial charge in [-0.3, -0.25) is 0 Å². The minimum absolute atomic E-state index is 0.152. The largest absolute Gasteiger partial charge is 0.496 e. The Balaban J connectivity index is 1.58. The maximum absolute atomic E-state index is 15.5. The number of likely N-dealkylation sites (N-methyl/N-ethyl adjacent to an activating group) is 1. The van der Waals surface area contributed by atoms with Crippen LogP contribution in [0.2, 0.25) is 0 Å². The van der Waals surface area contributed by atoms with E-state index in [4.69, 9.17) is 14.5 Å². The van der Waals surface area contributed by atoms with Crippen molar-refractivity contribution in [3.63, 3.8) is 0 Å². The Morgan fingerprint density at radius 3 is 2.78 bits per heavy atom. The zero-order chi connectivity index (χ0) is 25.2. The second-order valence-electron chi connectivity index (χ2n) is 9.54. The molecule has 2 saturated heterocycles. The smallest absolute Gasteiger partial charge is 0.320 e. The van der Waals surface area contributed by atoms with Crippen LogP contribution in [-0.4, -0.2) is 84.0 Å². The van der Waals surface area contributed by atoms with E-state index in [2.05, 4.69) is 39.1 Å². The number of methoxy groups -OCH3 is 1. The van der Waals surface area contributed by atoms with Crippen LogP contribution in [0.4, 0.5) is 10.2 Å². The molecular weight excluding hydrogens is 463 g/mol. The lowest BCUT2D eigenvalue weighted by Crippen LogP contribution is -2.50. The molecule has 4 heterocycles. The number of aromatic nitrogens is 3. The highest BCUT2D eigenvalue weighted by Crippen LogP contribution is 2.33. The van der Waals surface area contributed by atoms with E-state index in [1.54, 1.807) is 18.2 Å². The minimum atomic E-state index is -0.481. The number of likely N-dealkylation sites (tertiary alicyclic amines) is 1. The number of aliphatic hydroxyl groups excluding tert-OH is 1. The van der Waals surface area contributed by atoms with Crippen molar-refractivity contribution in [2.75, 3.05) is 51.8 Å². The van der Waals surface area contributed by atoms with Crippen molar-refractivity contribution in [3.8, 4) is 23.0 Å². The van der Waals surface area contributed by atoms with Crippen LogP contribution in [-0.2, 0) is 6.61 Å². The summed E-state index contributed by atoms with van der Waals surface area (Å²) in [4.78, 5) is 18.4. The van der Waals surface area contributed by atoms with Gasteiger partial charge in [-0.1, -0.05) is 0 Å². The zero-order valence-corrected chi connectivity index (χ0v) is 21.0. The Morgan fingerprint density at radius 2 is 2.06 bits per heavy atom. The number of anilines is 1. The number of hydrogen-bond acceptors (Lipinski definition) is 9. The molecule has 2 aromatic heterocycles. The molecule has 0 radical (unpaired) electrons. The molecule has 2 aliphatic heterocycles. The molecule has 2 fully saturated rings. The average Bonchev–Trinajstić information content (AvgIpc) is 3.31. The van der Waals surface area contributed by atoms with Crippen molar-refractivity contribution in [1.29, 1.82) is 0 Å². The van der Waals surface area contributed by atoms with Gasteiger partial charge in [-0.25, -0.2) is 9.37 Å². The lowest BCUT2D eigenvalue weighted by molar-refractivity contribution is 0.188. The first-order valence-electron chi connectivity index (χ1n) is 12.4. The number of rotatable bonds is 7. The van der Waals surface area contributed by atoms with Gasteiger partial charge in [-0.15, -0.1) is 0 Å². The number of benzene rings is 1. The monoisotopic (exact) mass is 496 g/mol. The summed E-state index contributed by atoms with van der Waals surface area (Å²) in [7, 11) is 3.63. The SMILES string of the molecule is COc1ccc(-c2nc3nc(OCC4CCCN4C)nc(N4CCNCC4C)c3cc2F)cc1CO. The maximum atomic E-state index is 15.5. The fourth-order valence-electron chi connectivity index (χ4n) is 5.05. The van der Waals surface area contributed by atoms with Crippen LogP contribution in [0.1, 0.15) is 25.3 Å². The van der Waals surface area contributed by atoms with Gasteiger partial charge in [0.05, 0.1) is 19.1 Å². The predicted octanol–water partition coefficient (Wildman–Crippen LogP) is 2.60. The molecule has 5 rings (SSSR count). The number of piperazine rings is 1. The molecule has 10 heteroatoms. The topological polar surface area (TPSA) is 95.9 Å². The van der Waals surface area contributed by atoms with Gasteiger partial charge in [0.25, 0.3) is 0 Å². The number of hydrogen-bond donors (Lipinski definition) is 2. The van der Waals surface area contributed by atoms with E-state index in [1.165, 1.54) is 13.2 Å². The van der Waals surface area contributed by atoms with Crippen molar-refractivity contribution in [2.45, 2.75) is 38.5 Å². The van der Waals surface area contributed by atoms with E-state index in [9.17, 15) is 5.11 Å². The summed E-state index contributed by atoms with van der Waals surface area (Å²) in [6.45, 7) is 5.77. The second kappa shape index (κ2) is 10.5. The van der Waals surface area contributed by atoms with E-state index in [0.717, 1.165) is 39.0 Å². The normalized spacial score (nSPS) is 20.8. The van der Waals surface area contributed by atoms with Crippen molar-refractivity contribution in [2.24, 2.45) is 0 Å². The van der Waals surface area contributed by atoms with E-state index in [-0.39, 0.29) is 24.4 Å². The Labute approximate surface area is 210 Å². The summed E-state index contributed by atoms with van der Waals surface area (Å²) in [5.74, 6) is 0.685. The molecular formula is C26H33FN6O3. The molecule has 9 nitrogen and oxygen atoms in total. The molecule has 36 heavy (non-hydrogen) atoms. The Kier molecular flexibility index (Phi) is 7.17. The second-order valence-corrected chi connectivity index (χ2v) is 9.54. The highest BCUT2D eigenvalue weighted by molar-refractivity contribution is 5.89. The van der Waals surface area contributed by atoms with E-state index in [1.807, 2.05) is 0 Å². The Morgan fingerprint density at radius 1 is 1.19 bits per heavy atom. The van der Waals surface area contributed by atoms with E-state index < -0.39 is 5.82 Å². The third-order valence-corrected chi connectivity index (χ3v) is 7.17. The fourth-order valence-corrected chi connectivity index (χ4v) is 5.05. The van der Waals surface area contributed by atoms with Gasteiger partial charge in [0.15, 0.2) is 5.65 Å². The molecule has 2 atom stereocenters. The summed E-state index contributed by atoms with van der Waals surface area (Å²) in [6.07, 6.45) is 2.22. The Hall–Kier alpha value is -3.08. The van der Waals surface area contributed by atoms with Gasteiger partial charge >= 0.3 is 6.01 Å². The van der Waals surface area contributed by atoms with Crippen LogP contribution in [0.3, 0.4) is 0 Å². The van der Waals surface area contributed by atoms with Gasteiger partial charge in [-0.2, -0.15) is 9.97 Å². The predicted molar refractivity (Wildman–Crippen MR) is 136 cm³/mol. The molecule has 0 spiro atoms. The van der Waals surface area contributed by atoms with Crippen LogP contribution in [0.25, 0.3) is 22.3 Å². The zero-order valence-electron chi connectivity index (χ0n) is 21.0. The van der Waals surface area contributed by atoms with E-state index >= 15 is 4.39 Å². The van der Waals surface area contributed by atoms with Crippen LogP contribution in [0, 0.1) is 5.82 Å². The van der Waals surface area contributed by atoms with E-state index in [0.29, 0.717) is 46.4 Å². The first-order valence-corrected chi connectivity index (χ1v) is 12.4. The van der Waals surface area contributed by atoms with Crippen LogP contribution in [0.15, 0.2) is 24.3 Å². The molecule has 0 amide bonds. The lowest BCUT2D eigenvalue weighted by atomic mass is 10.1.